The van der Waals surface area contributed by atoms with Crippen molar-refractivity contribution in [2.75, 3.05) is 0 Å². The molecule has 1 aliphatic rings. The summed E-state index contributed by atoms with van der Waals surface area (Å²) in [5.74, 6) is -2.42. The number of aryl methyl sites for hydroxylation is 1. The molecule has 5 rings (SSSR count). The zero-order valence-corrected chi connectivity index (χ0v) is 19.9. The van der Waals surface area contributed by atoms with E-state index in [1.807, 2.05) is 0 Å². The highest BCUT2D eigenvalue weighted by Crippen LogP contribution is 2.34. The lowest BCUT2D eigenvalue weighted by Crippen LogP contribution is -2.30. The first-order valence-corrected chi connectivity index (χ1v) is 11.5. The molecule has 4 aromatic rings. The average Bonchev–Trinajstić information content (AvgIpc) is 3.51. The molecule has 0 saturated heterocycles. The molecule has 11 nitrogen and oxygen atoms in total. The number of nitrogens with one attached hydrogen (secondary N) is 2. The van der Waals surface area contributed by atoms with Crippen LogP contribution in [0.5, 0.6) is 0 Å². The Balaban J connectivity index is 1.37. The summed E-state index contributed by atoms with van der Waals surface area (Å²) in [4.78, 5) is 41.8. The molecule has 0 fully saturated rings. The maximum Gasteiger partial charge on any atom is 0.335 e. The van der Waals surface area contributed by atoms with Gasteiger partial charge >= 0.3 is 5.97 Å². The molecule has 3 N–H and O–H groups in total. The van der Waals surface area contributed by atoms with Gasteiger partial charge in [0.1, 0.15) is 17.2 Å². The second kappa shape index (κ2) is 9.37. The van der Waals surface area contributed by atoms with Crippen LogP contribution >= 0.6 is 0 Å². The van der Waals surface area contributed by atoms with Gasteiger partial charge in [0, 0.05) is 12.6 Å². The number of benzene rings is 2. The van der Waals surface area contributed by atoms with Crippen molar-refractivity contribution in [1.29, 1.82) is 0 Å². The van der Waals surface area contributed by atoms with Crippen molar-refractivity contribution in [3.05, 3.63) is 87.0 Å². The highest BCUT2D eigenvalue weighted by atomic mass is 19.1. The average molecular weight is 503 g/mol. The first-order valence-electron chi connectivity index (χ1n) is 11.5. The molecule has 0 spiro atoms. The summed E-state index contributed by atoms with van der Waals surface area (Å²) in [5.41, 5.74) is 3.81. The lowest BCUT2D eigenvalue weighted by molar-refractivity contribution is 0.0695. The minimum atomic E-state index is -0.993. The number of rotatable bonds is 6. The lowest BCUT2D eigenvalue weighted by atomic mass is 9.98. The van der Waals surface area contributed by atoms with E-state index < -0.39 is 17.8 Å². The van der Waals surface area contributed by atoms with Gasteiger partial charge in [0.2, 0.25) is 0 Å². The number of nitrogens with zero attached hydrogens (tertiary/aromatic N) is 5. The Bertz CT molecular complexity index is 1580. The minimum absolute atomic E-state index is 0.00718. The molecule has 1 atom stereocenters. The summed E-state index contributed by atoms with van der Waals surface area (Å²) in [5, 5.41) is 26.2. The van der Waals surface area contributed by atoms with Crippen LogP contribution in [0.1, 0.15) is 71.6 Å². The molecule has 0 aliphatic heterocycles. The molecule has 2 amide bonds. The van der Waals surface area contributed by atoms with E-state index in [-0.39, 0.29) is 41.1 Å². The first kappa shape index (κ1) is 24.0. The summed E-state index contributed by atoms with van der Waals surface area (Å²) in [6, 6.07) is 8.76. The molecule has 0 saturated carbocycles. The van der Waals surface area contributed by atoms with Gasteiger partial charge in [-0.25, -0.2) is 14.2 Å². The van der Waals surface area contributed by atoms with E-state index in [9.17, 15) is 23.9 Å². The quantitative estimate of drug-likeness (QED) is 0.363. The van der Waals surface area contributed by atoms with Crippen molar-refractivity contribution in [3.63, 3.8) is 0 Å². The number of aromatic nitrogens is 5. The number of hydrogen-bond donors (Lipinski definition) is 3. The number of carboxylic acid groups (broad SMARTS) is 1. The maximum absolute atomic E-state index is 13.5. The van der Waals surface area contributed by atoms with Crippen LogP contribution in [0.3, 0.4) is 0 Å². The number of tetrazole rings is 1. The molecule has 0 bridgehead atoms. The van der Waals surface area contributed by atoms with Crippen molar-refractivity contribution in [2.24, 2.45) is 0 Å². The van der Waals surface area contributed by atoms with E-state index in [4.69, 9.17) is 0 Å². The van der Waals surface area contributed by atoms with Gasteiger partial charge < -0.3 is 15.7 Å². The van der Waals surface area contributed by atoms with Crippen LogP contribution in [0, 0.1) is 19.7 Å². The molecule has 0 unspecified atom stereocenters. The number of amides is 2. The van der Waals surface area contributed by atoms with Gasteiger partial charge in [0.15, 0.2) is 0 Å². The number of carbonyl (C=O) groups excluding carboxylic acids is 2. The Morgan fingerprint density at radius 1 is 1.14 bits per heavy atom. The smallest absolute Gasteiger partial charge is 0.335 e. The Labute approximate surface area is 209 Å². The second-order valence-corrected chi connectivity index (χ2v) is 8.86. The van der Waals surface area contributed by atoms with Crippen molar-refractivity contribution in [2.45, 2.75) is 39.3 Å². The van der Waals surface area contributed by atoms with E-state index in [0.29, 0.717) is 29.5 Å². The number of carbonyl (C=O) groups is 3. The monoisotopic (exact) mass is 503 g/mol. The molecule has 0 radical (unpaired) electrons. The predicted octanol–water partition coefficient (Wildman–Crippen LogP) is 2.32. The second-order valence-electron chi connectivity index (χ2n) is 8.86. The third-order valence-corrected chi connectivity index (χ3v) is 6.54. The summed E-state index contributed by atoms with van der Waals surface area (Å²) >= 11 is 0. The van der Waals surface area contributed by atoms with Gasteiger partial charge in [-0.15, -0.1) is 0 Å². The van der Waals surface area contributed by atoms with E-state index in [1.54, 1.807) is 32.0 Å². The fraction of sp³-hybridized carbons (Fsp3) is 0.240. The summed E-state index contributed by atoms with van der Waals surface area (Å²) in [7, 11) is 0. The van der Waals surface area contributed by atoms with Crippen LogP contribution in [0.2, 0.25) is 0 Å². The first-order chi connectivity index (χ1) is 17.7. The summed E-state index contributed by atoms with van der Waals surface area (Å²) in [6.07, 6.45) is 1.23. The molecule has 1 aliphatic carbocycles. The molecular weight excluding hydrogens is 481 g/mol. The van der Waals surface area contributed by atoms with E-state index in [1.165, 1.54) is 18.2 Å². The van der Waals surface area contributed by atoms with Gasteiger partial charge in [0.25, 0.3) is 17.6 Å². The molecule has 37 heavy (non-hydrogen) atoms. The van der Waals surface area contributed by atoms with E-state index in [0.717, 1.165) is 15.6 Å². The number of aromatic carboxylic acids is 1. The third-order valence-electron chi connectivity index (χ3n) is 6.54. The molecule has 2 aromatic carbocycles. The SMILES string of the molecule is Cc1cc(CNC(=O)c2cc(C(=O)N[C@@H]3CCc4c3ccc(C(=O)O)c4C)nc3nnnn23)ccc1F. The lowest BCUT2D eigenvalue weighted by Gasteiger charge is -2.15. The number of hydrogen-bond acceptors (Lipinski definition) is 7. The van der Waals surface area contributed by atoms with Crippen molar-refractivity contribution < 1.29 is 23.9 Å². The zero-order chi connectivity index (χ0) is 26.3. The van der Waals surface area contributed by atoms with Crippen LogP contribution in [0.4, 0.5) is 4.39 Å². The zero-order valence-electron chi connectivity index (χ0n) is 19.9. The largest absolute Gasteiger partial charge is 0.478 e. The fourth-order valence-electron chi connectivity index (χ4n) is 4.60. The van der Waals surface area contributed by atoms with Crippen LogP contribution in [0.25, 0.3) is 5.78 Å². The van der Waals surface area contributed by atoms with Crippen molar-refractivity contribution in [3.8, 4) is 0 Å². The van der Waals surface area contributed by atoms with Gasteiger partial charge in [-0.2, -0.15) is 4.52 Å². The topological polar surface area (TPSA) is 151 Å². The van der Waals surface area contributed by atoms with Gasteiger partial charge in [0.05, 0.1) is 11.6 Å². The van der Waals surface area contributed by atoms with Crippen LogP contribution in [0.15, 0.2) is 36.4 Å². The predicted molar refractivity (Wildman–Crippen MR) is 128 cm³/mol. The number of carboxylic acids is 1. The van der Waals surface area contributed by atoms with Gasteiger partial charge in [-0.1, -0.05) is 23.3 Å². The Morgan fingerprint density at radius 2 is 1.95 bits per heavy atom. The molecule has 188 valence electrons. The summed E-state index contributed by atoms with van der Waals surface area (Å²) in [6.45, 7) is 3.52. The number of halogens is 1. The third kappa shape index (κ3) is 4.48. The highest BCUT2D eigenvalue weighted by Gasteiger charge is 2.28. The van der Waals surface area contributed by atoms with Crippen molar-refractivity contribution >= 4 is 23.6 Å². The fourth-order valence-corrected chi connectivity index (χ4v) is 4.60. The maximum atomic E-state index is 13.5. The van der Waals surface area contributed by atoms with Crippen LogP contribution in [-0.4, -0.2) is 47.9 Å². The van der Waals surface area contributed by atoms with Gasteiger partial charge in [-0.3, -0.25) is 9.59 Å². The molecular formula is C25H22FN7O4. The van der Waals surface area contributed by atoms with E-state index >= 15 is 0 Å². The van der Waals surface area contributed by atoms with Crippen LogP contribution < -0.4 is 10.6 Å². The minimum Gasteiger partial charge on any atom is -0.478 e. The van der Waals surface area contributed by atoms with E-state index in [2.05, 4.69) is 31.1 Å². The Hall–Kier alpha value is -4.74. The highest BCUT2D eigenvalue weighted by molar-refractivity contribution is 5.98. The Kier molecular flexibility index (Phi) is 6.07. The normalized spacial score (nSPS) is 14.4. The molecule has 12 heteroatoms. The van der Waals surface area contributed by atoms with Gasteiger partial charge in [-0.05, 0) is 77.1 Å². The van der Waals surface area contributed by atoms with Crippen LogP contribution in [-0.2, 0) is 13.0 Å². The number of fused-ring (bicyclic) bond motifs is 2. The Morgan fingerprint density at radius 3 is 2.70 bits per heavy atom. The molecule has 2 heterocycles. The standard InChI is InChI=1S/C25H22FN7O4/c1-12-9-14(3-7-18(12)26)11-27-23(35)21-10-20(29-25-30-31-32-33(21)25)22(34)28-19-8-6-15-13(2)16(24(36)37)4-5-17(15)19/h3-5,7,9-10,19H,6,8,11H2,1-2H3,(H,27,35)(H,28,34)(H,36,37)/t19-/m1/s1. The molecule has 2 aromatic heterocycles. The van der Waals surface area contributed by atoms with Crippen molar-refractivity contribution in [1.82, 2.24) is 35.7 Å². The summed E-state index contributed by atoms with van der Waals surface area (Å²) < 4.78 is 14.7.